The van der Waals surface area contributed by atoms with Crippen LogP contribution >= 0.6 is 11.8 Å². The zero-order valence-corrected chi connectivity index (χ0v) is 14.6. The zero-order chi connectivity index (χ0) is 15.0. The van der Waals surface area contributed by atoms with Crippen molar-refractivity contribution >= 4 is 17.3 Å². The molecule has 0 amide bonds. The van der Waals surface area contributed by atoms with Crippen LogP contribution in [0.4, 0.5) is 0 Å². The fraction of sp³-hybridized carbons (Fsp3) is 0.611. The first-order valence-corrected chi connectivity index (χ1v) is 8.59. The van der Waals surface area contributed by atoms with E-state index >= 15 is 0 Å². The molecular formula is C18H27NS. The maximum absolute atomic E-state index is 4.86. The van der Waals surface area contributed by atoms with Gasteiger partial charge in [-0.2, -0.15) is 0 Å². The van der Waals surface area contributed by atoms with Crippen LogP contribution in [0.5, 0.6) is 0 Å². The molecule has 110 valence electrons. The van der Waals surface area contributed by atoms with E-state index in [1.54, 1.807) is 0 Å². The number of nitrogens with zero attached hydrogens (tertiary/aromatic N) is 1. The van der Waals surface area contributed by atoms with E-state index in [4.69, 9.17) is 4.98 Å². The van der Waals surface area contributed by atoms with Crippen LogP contribution in [0.1, 0.15) is 64.3 Å². The van der Waals surface area contributed by atoms with Crippen molar-refractivity contribution in [2.75, 3.05) is 0 Å². The largest absolute Gasteiger partial charge is 0.246 e. The summed E-state index contributed by atoms with van der Waals surface area (Å²) in [5.74, 6) is 1.67. The zero-order valence-electron chi connectivity index (χ0n) is 13.8. The first-order chi connectivity index (χ1) is 9.31. The SMILES string of the molecule is Cc1cc(C(C)C)c2c(n1)S[C@H](C)[C@H](C)C=C2C(C)C. The number of aromatic nitrogens is 1. The maximum atomic E-state index is 4.86. The van der Waals surface area contributed by atoms with Gasteiger partial charge in [0.1, 0.15) is 5.03 Å². The minimum absolute atomic E-state index is 0.539. The minimum Gasteiger partial charge on any atom is -0.246 e. The van der Waals surface area contributed by atoms with E-state index in [9.17, 15) is 0 Å². The van der Waals surface area contributed by atoms with E-state index in [1.165, 1.54) is 21.7 Å². The maximum Gasteiger partial charge on any atom is 0.104 e. The predicted octanol–water partition coefficient (Wildman–Crippen LogP) is 5.68. The van der Waals surface area contributed by atoms with Crippen molar-refractivity contribution in [1.82, 2.24) is 4.98 Å². The second kappa shape index (κ2) is 5.93. The van der Waals surface area contributed by atoms with Gasteiger partial charge in [-0.15, -0.1) is 11.8 Å². The van der Waals surface area contributed by atoms with Gasteiger partial charge in [0.15, 0.2) is 0 Å². The molecule has 0 saturated heterocycles. The Morgan fingerprint density at radius 3 is 2.30 bits per heavy atom. The molecule has 20 heavy (non-hydrogen) atoms. The Labute approximate surface area is 128 Å². The predicted molar refractivity (Wildman–Crippen MR) is 90.4 cm³/mol. The summed E-state index contributed by atoms with van der Waals surface area (Å²) >= 11 is 1.94. The van der Waals surface area contributed by atoms with Crippen LogP contribution in [0.25, 0.3) is 5.57 Å². The summed E-state index contributed by atoms with van der Waals surface area (Å²) in [7, 11) is 0. The molecule has 2 heteroatoms. The van der Waals surface area contributed by atoms with E-state index in [2.05, 4.69) is 60.6 Å². The first kappa shape index (κ1) is 15.6. The number of rotatable bonds is 2. The summed E-state index contributed by atoms with van der Waals surface area (Å²) in [5.41, 5.74) is 5.51. The van der Waals surface area contributed by atoms with Crippen LogP contribution in [0, 0.1) is 18.8 Å². The summed E-state index contributed by atoms with van der Waals surface area (Å²) in [5, 5.41) is 1.82. The molecule has 0 spiro atoms. The molecule has 2 heterocycles. The highest BCUT2D eigenvalue weighted by Crippen LogP contribution is 2.43. The third kappa shape index (κ3) is 2.95. The third-order valence-electron chi connectivity index (χ3n) is 4.16. The van der Waals surface area contributed by atoms with Crippen LogP contribution in [0.15, 0.2) is 17.2 Å². The lowest BCUT2D eigenvalue weighted by molar-refractivity contribution is 0.711. The van der Waals surface area contributed by atoms with E-state index in [0.29, 0.717) is 23.0 Å². The van der Waals surface area contributed by atoms with Crippen molar-refractivity contribution in [1.29, 1.82) is 0 Å². The van der Waals surface area contributed by atoms with Crippen LogP contribution < -0.4 is 0 Å². The molecule has 1 aliphatic rings. The second-order valence-electron chi connectivity index (χ2n) is 6.65. The van der Waals surface area contributed by atoms with Gasteiger partial charge in [0.2, 0.25) is 0 Å². The lowest BCUT2D eigenvalue weighted by atomic mass is 9.86. The number of hydrogen-bond donors (Lipinski definition) is 0. The van der Waals surface area contributed by atoms with Gasteiger partial charge in [0.05, 0.1) is 0 Å². The molecule has 0 radical (unpaired) electrons. The molecule has 0 bridgehead atoms. The number of aryl methyl sites for hydroxylation is 1. The van der Waals surface area contributed by atoms with Crippen molar-refractivity contribution in [3.8, 4) is 0 Å². The Kier molecular flexibility index (Phi) is 4.63. The van der Waals surface area contributed by atoms with Gasteiger partial charge >= 0.3 is 0 Å². The van der Waals surface area contributed by atoms with Crippen molar-refractivity contribution in [3.05, 3.63) is 29.0 Å². The average Bonchev–Trinajstić information content (AvgIpc) is 2.46. The average molecular weight is 289 g/mol. The molecular weight excluding hydrogens is 262 g/mol. The minimum atomic E-state index is 0.539. The molecule has 0 unspecified atom stereocenters. The van der Waals surface area contributed by atoms with E-state index in [1.807, 2.05) is 11.8 Å². The Bertz CT molecular complexity index is 528. The summed E-state index contributed by atoms with van der Waals surface area (Å²) in [6, 6.07) is 2.28. The summed E-state index contributed by atoms with van der Waals surface area (Å²) in [6.45, 7) is 15.9. The van der Waals surface area contributed by atoms with Crippen LogP contribution in [-0.4, -0.2) is 10.2 Å². The van der Waals surface area contributed by atoms with Crippen molar-refractivity contribution < 1.29 is 0 Å². The van der Waals surface area contributed by atoms with E-state index < -0.39 is 0 Å². The topological polar surface area (TPSA) is 12.9 Å². The summed E-state index contributed by atoms with van der Waals surface area (Å²) < 4.78 is 0. The van der Waals surface area contributed by atoms with Crippen molar-refractivity contribution in [2.45, 2.75) is 64.7 Å². The number of hydrogen-bond acceptors (Lipinski definition) is 2. The molecule has 1 aromatic rings. The van der Waals surface area contributed by atoms with Gasteiger partial charge in [-0.05, 0) is 41.9 Å². The molecule has 0 fully saturated rings. The molecule has 2 rings (SSSR count). The summed E-state index contributed by atoms with van der Waals surface area (Å²) in [6.07, 6.45) is 2.48. The van der Waals surface area contributed by atoms with Gasteiger partial charge in [0.25, 0.3) is 0 Å². The van der Waals surface area contributed by atoms with Gasteiger partial charge in [-0.25, -0.2) is 4.98 Å². The van der Waals surface area contributed by atoms with Gasteiger partial charge in [0, 0.05) is 16.5 Å². The normalized spacial score (nSPS) is 22.8. The smallest absolute Gasteiger partial charge is 0.104 e. The second-order valence-corrected chi connectivity index (χ2v) is 8.01. The van der Waals surface area contributed by atoms with Gasteiger partial charge in [-0.3, -0.25) is 0 Å². The number of allylic oxidation sites excluding steroid dienone is 2. The van der Waals surface area contributed by atoms with E-state index in [-0.39, 0.29) is 0 Å². The molecule has 0 aromatic carbocycles. The number of pyridine rings is 1. The molecule has 0 N–H and O–H groups in total. The highest BCUT2D eigenvalue weighted by molar-refractivity contribution is 7.99. The molecule has 0 aliphatic carbocycles. The summed E-state index contributed by atoms with van der Waals surface area (Å²) in [4.78, 5) is 4.86. The van der Waals surface area contributed by atoms with Crippen molar-refractivity contribution in [3.63, 3.8) is 0 Å². The lowest BCUT2D eigenvalue weighted by Gasteiger charge is -2.20. The molecule has 0 saturated carbocycles. The van der Waals surface area contributed by atoms with Crippen LogP contribution in [0.3, 0.4) is 0 Å². The van der Waals surface area contributed by atoms with Gasteiger partial charge < -0.3 is 0 Å². The Morgan fingerprint density at radius 2 is 1.75 bits per heavy atom. The van der Waals surface area contributed by atoms with Crippen LogP contribution in [-0.2, 0) is 0 Å². The quantitative estimate of drug-likeness (QED) is 0.694. The lowest BCUT2D eigenvalue weighted by Crippen LogP contribution is -2.06. The number of thioether (sulfide) groups is 1. The van der Waals surface area contributed by atoms with E-state index in [0.717, 1.165) is 5.69 Å². The standard InChI is InChI=1S/C18H27NS/c1-10(2)15-8-12(5)14(7)20-18-17(15)16(11(3)4)9-13(6)19-18/h8-12,14H,1-7H3/t12-,14-/m1/s1. The molecule has 1 aromatic heterocycles. The van der Waals surface area contributed by atoms with Crippen LogP contribution in [0.2, 0.25) is 0 Å². The highest BCUT2D eigenvalue weighted by atomic mass is 32.2. The molecule has 1 aliphatic heterocycles. The monoisotopic (exact) mass is 289 g/mol. The van der Waals surface area contributed by atoms with Crippen molar-refractivity contribution in [2.24, 2.45) is 11.8 Å². The Balaban J connectivity index is 2.72. The highest BCUT2D eigenvalue weighted by Gasteiger charge is 2.26. The first-order valence-electron chi connectivity index (χ1n) is 7.71. The third-order valence-corrected chi connectivity index (χ3v) is 5.48. The fourth-order valence-corrected chi connectivity index (χ4v) is 3.96. The fourth-order valence-electron chi connectivity index (χ4n) is 2.77. The Hall–Kier alpha value is -0.760. The molecule has 2 atom stereocenters. The Morgan fingerprint density at radius 1 is 1.10 bits per heavy atom. The number of fused-ring (bicyclic) bond motifs is 1. The van der Waals surface area contributed by atoms with Gasteiger partial charge in [-0.1, -0.05) is 47.6 Å². The molecule has 1 nitrogen and oxygen atoms in total.